The Morgan fingerprint density at radius 3 is 3.05 bits per heavy atom. The topological polar surface area (TPSA) is 67.7 Å². The van der Waals surface area contributed by atoms with Crippen molar-refractivity contribution in [3.63, 3.8) is 0 Å². The lowest BCUT2D eigenvalue weighted by atomic mass is 9.85. The zero-order valence-corrected chi connectivity index (χ0v) is 13.7. The number of pyridine rings is 1. The molecule has 6 heteroatoms. The van der Waals surface area contributed by atoms with Gasteiger partial charge in [-0.1, -0.05) is 12.5 Å². The van der Waals surface area contributed by atoms with Crippen molar-refractivity contribution in [2.45, 2.75) is 25.8 Å². The third kappa shape index (κ3) is 3.41. The Morgan fingerprint density at radius 2 is 2.30 bits per heavy atom. The fraction of sp³-hybridized carbons (Fsp3) is 0.429. The molecule has 20 heavy (non-hydrogen) atoms. The fourth-order valence-electron chi connectivity index (χ4n) is 2.28. The van der Waals surface area contributed by atoms with Crippen LogP contribution in [0, 0.1) is 5.92 Å². The van der Waals surface area contributed by atoms with Gasteiger partial charge in [0.15, 0.2) is 5.96 Å². The Bertz CT molecular complexity index is 588. The van der Waals surface area contributed by atoms with Gasteiger partial charge in [0.1, 0.15) is 0 Å². The number of rotatable bonds is 4. The first kappa shape index (κ1) is 15.1. The van der Waals surface area contributed by atoms with Crippen LogP contribution >= 0.6 is 24.0 Å². The van der Waals surface area contributed by atoms with Crippen LogP contribution in [0.1, 0.15) is 24.8 Å². The highest BCUT2D eigenvalue weighted by Gasteiger charge is 2.16. The van der Waals surface area contributed by atoms with E-state index in [-0.39, 0.29) is 24.0 Å². The van der Waals surface area contributed by atoms with E-state index in [9.17, 15) is 0 Å². The third-order valence-electron chi connectivity index (χ3n) is 3.72. The smallest absolute Gasteiger partial charge is 0.188 e. The maximum atomic E-state index is 5.87. The molecular weight excluding hydrogens is 365 g/mol. The van der Waals surface area contributed by atoms with E-state index in [0.29, 0.717) is 12.5 Å². The standard InChI is InChI=1S/C14H19N5.HI/c15-14(16-8-11-4-3-5-11)17-9-12-10-18-19-7-2-1-6-13(12)19;/h1-2,6-7,10-11H,3-5,8-9H2,(H3,15,16,17);1H. The number of hydrogen-bond donors (Lipinski definition) is 2. The third-order valence-corrected chi connectivity index (χ3v) is 3.72. The van der Waals surface area contributed by atoms with Crippen LogP contribution < -0.4 is 11.1 Å². The fourth-order valence-corrected chi connectivity index (χ4v) is 2.28. The van der Waals surface area contributed by atoms with Crippen molar-refractivity contribution in [1.82, 2.24) is 14.9 Å². The molecule has 108 valence electrons. The maximum absolute atomic E-state index is 5.87. The molecule has 0 amide bonds. The molecule has 3 rings (SSSR count). The molecule has 1 fully saturated rings. The number of aromatic nitrogens is 2. The van der Waals surface area contributed by atoms with Crippen molar-refractivity contribution in [3.8, 4) is 0 Å². The van der Waals surface area contributed by atoms with Crippen LogP contribution in [0.5, 0.6) is 0 Å². The monoisotopic (exact) mass is 385 g/mol. The quantitative estimate of drug-likeness (QED) is 0.482. The lowest BCUT2D eigenvalue weighted by Crippen LogP contribution is -2.37. The van der Waals surface area contributed by atoms with Crippen molar-refractivity contribution in [2.24, 2.45) is 16.6 Å². The Kier molecular flexibility index (Phi) is 5.22. The summed E-state index contributed by atoms with van der Waals surface area (Å²) in [5, 5.41) is 7.48. The van der Waals surface area contributed by atoms with E-state index >= 15 is 0 Å². The molecular formula is C14H20IN5. The zero-order valence-electron chi connectivity index (χ0n) is 11.3. The van der Waals surface area contributed by atoms with Crippen LogP contribution in [0.15, 0.2) is 35.6 Å². The predicted molar refractivity (Wildman–Crippen MR) is 91.3 cm³/mol. The number of nitrogens with one attached hydrogen (secondary N) is 1. The minimum absolute atomic E-state index is 0. The van der Waals surface area contributed by atoms with E-state index in [1.165, 1.54) is 19.3 Å². The van der Waals surface area contributed by atoms with E-state index in [4.69, 9.17) is 5.73 Å². The molecule has 1 aliphatic carbocycles. The van der Waals surface area contributed by atoms with Crippen molar-refractivity contribution < 1.29 is 0 Å². The average molecular weight is 385 g/mol. The summed E-state index contributed by atoms with van der Waals surface area (Å²) in [6.07, 6.45) is 7.76. The lowest BCUT2D eigenvalue weighted by Gasteiger charge is -2.25. The molecule has 0 atom stereocenters. The molecule has 0 aliphatic heterocycles. The second-order valence-electron chi connectivity index (χ2n) is 5.08. The van der Waals surface area contributed by atoms with Crippen LogP contribution in [0.25, 0.3) is 5.52 Å². The van der Waals surface area contributed by atoms with Gasteiger partial charge in [-0.15, -0.1) is 24.0 Å². The highest BCUT2D eigenvalue weighted by Crippen LogP contribution is 2.24. The molecule has 0 radical (unpaired) electrons. The van der Waals surface area contributed by atoms with Crippen molar-refractivity contribution in [1.29, 1.82) is 0 Å². The van der Waals surface area contributed by atoms with Gasteiger partial charge < -0.3 is 11.1 Å². The summed E-state index contributed by atoms with van der Waals surface area (Å²) in [6.45, 7) is 1.51. The normalized spacial score (nSPS) is 15.7. The molecule has 2 aromatic rings. The van der Waals surface area contributed by atoms with E-state index in [1.54, 1.807) is 0 Å². The molecule has 0 unspecified atom stereocenters. The summed E-state index contributed by atoms with van der Waals surface area (Å²) in [5.74, 6) is 1.31. The second-order valence-corrected chi connectivity index (χ2v) is 5.08. The number of guanidine groups is 1. The van der Waals surface area contributed by atoms with E-state index in [0.717, 1.165) is 23.5 Å². The number of nitrogens with two attached hydrogens (primary N) is 1. The summed E-state index contributed by atoms with van der Waals surface area (Å²) >= 11 is 0. The van der Waals surface area contributed by atoms with Gasteiger partial charge in [-0.3, -0.25) is 0 Å². The number of aliphatic imine (C=N–C) groups is 1. The number of nitrogens with zero attached hydrogens (tertiary/aromatic N) is 3. The highest BCUT2D eigenvalue weighted by atomic mass is 127. The Balaban J connectivity index is 0.00000147. The first-order valence-electron chi connectivity index (χ1n) is 6.78. The van der Waals surface area contributed by atoms with Crippen LogP contribution in [0.3, 0.4) is 0 Å². The van der Waals surface area contributed by atoms with E-state index < -0.39 is 0 Å². The molecule has 1 aliphatic rings. The number of hydrogen-bond acceptors (Lipinski definition) is 2. The molecule has 1 saturated carbocycles. The minimum Gasteiger partial charge on any atom is -0.370 e. The lowest BCUT2D eigenvalue weighted by molar-refractivity contribution is 0.315. The van der Waals surface area contributed by atoms with Gasteiger partial charge in [-0.2, -0.15) is 5.10 Å². The Hall–Kier alpha value is -1.31. The summed E-state index contributed by atoms with van der Waals surface area (Å²) in [4.78, 5) is 4.38. The highest BCUT2D eigenvalue weighted by molar-refractivity contribution is 14.0. The second kappa shape index (κ2) is 6.92. The van der Waals surface area contributed by atoms with E-state index in [1.807, 2.05) is 35.1 Å². The van der Waals surface area contributed by atoms with Crippen LogP contribution in [0.4, 0.5) is 0 Å². The zero-order chi connectivity index (χ0) is 13.1. The van der Waals surface area contributed by atoms with Crippen LogP contribution in [-0.2, 0) is 6.54 Å². The summed E-state index contributed by atoms with van der Waals surface area (Å²) in [5.41, 5.74) is 8.05. The molecule has 0 spiro atoms. The van der Waals surface area contributed by atoms with Crippen LogP contribution in [0.2, 0.25) is 0 Å². The maximum Gasteiger partial charge on any atom is 0.188 e. The molecule has 0 bridgehead atoms. The van der Waals surface area contributed by atoms with Gasteiger partial charge in [0.2, 0.25) is 0 Å². The first-order chi connectivity index (χ1) is 9.33. The van der Waals surface area contributed by atoms with Gasteiger partial charge in [0.25, 0.3) is 0 Å². The van der Waals surface area contributed by atoms with Crippen molar-refractivity contribution in [2.75, 3.05) is 6.54 Å². The van der Waals surface area contributed by atoms with Gasteiger partial charge in [0.05, 0.1) is 18.3 Å². The van der Waals surface area contributed by atoms with Crippen molar-refractivity contribution in [3.05, 3.63) is 36.2 Å². The number of fused-ring (bicyclic) bond motifs is 1. The molecule has 5 nitrogen and oxygen atoms in total. The first-order valence-corrected chi connectivity index (χ1v) is 6.78. The number of halogens is 1. The average Bonchev–Trinajstić information content (AvgIpc) is 2.78. The van der Waals surface area contributed by atoms with Gasteiger partial charge in [0, 0.05) is 18.3 Å². The molecule has 2 heterocycles. The van der Waals surface area contributed by atoms with Gasteiger partial charge >= 0.3 is 0 Å². The molecule has 0 aromatic carbocycles. The summed E-state index contributed by atoms with van der Waals surface area (Å²) in [6, 6.07) is 6.00. The Morgan fingerprint density at radius 1 is 1.45 bits per heavy atom. The largest absolute Gasteiger partial charge is 0.370 e. The van der Waals surface area contributed by atoms with Gasteiger partial charge in [-0.25, -0.2) is 9.51 Å². The van der Waals surface area contributed by atoms with E-state index in [2.05, 4.69) is 15.4 Å². The molecule has 3 N–H and O–H groups in total. The Labute approximate surface area is 135 Å². The van der Waals surface area contributed by atoms with Crippen LogP contribution in [-0.4, -0.2) is 22.1 Å². The molecule has 2 aromatic heterocycles. The van der Waals surface area contributed by atoms with Crippen molar-refractivity contribution >= 4 is 35.5 Å². The summed E-state index contributed by atoms with van der Waals surface area (Å²) in [7, 11) is 0. The van der Waals surface area contributed by atoms with Gasteiger partial charge in [-0.05, 0) is 30.9 Å². The summed E-state index contributed by atoms with van der Waals surface area (Å²) < 4.78 is 1.85. The SMILES string of the molecule is I.NC(=NCc1cnn2ccccc12)NCC1CCC1. The minimum atomic E-state index is 0. The molecule has 0 saturated heterocycles. The predicted octanol–water partition coefficient (Wildman–Crippen LogP) is 2.16.